The summed E-state index contributed by atoms with van der Waals surface area (Å²) in [5.41, 5.74) is 4.76. The van der Waals surface area contributed by atoms with E-state index in [4.69, 9.17) is 0 Å². The Hall–Kier alpha value is -1.70. The molecule has 0 saturated carbocycles. The third-order valence-electron chi connectivity index (χ3n) is 6.95. The fraction of sp³-hybridized carbons (Fsp3) is 0.478. The Morgan fingerprint density at radius 3 is 2.33 bits per heavy atom. The molecule has 5 nitrogen and oxygen atoms in total. The van der Waals surface area contributed by atoms with E-state index in [0.717, 1.165) is 43.2 Å². The van der Waals surface area contributed by atoms with Crippen molar-refractivity contribution in [1.82, 2.24) is 4.90 Å². The van der Waals surface area contributed by atoms with Crippen LogP contribution in [-0.4, -0.2) is 51.1 Å². The minimum absolute atomic E-state index is 0.0794. The number of nitrogens with zero attached hydrogens (tertiary/aromatic N) is 1. The summed E-state index contributed by atoms with van der Waals surface area (Å²) in [6.45, 7) is 1.29. The zero-order valence-electron chi connectivity index (χ0n) is 17.0. The molecular weight excluding hydrogens is 418 g/mol. The standard InChI is InChI=1S/C23H27NO4S2/c25-29(26)15-22(24-12-11-18-6-2-4-8-20(18)14-24)23(16-29)30(27,28)21-10-9-17-5-1-3-7-19(17)13-21/h2,4,6,8-10,13,22-23H,1,3,5,7,11-12,14-16H2/t22-,23-/m0/s1. The lowest BCUT2D eigenvalue weighted by molar-refractivity contribution is 0.195. The molecule has 2 atom stereocenters. The van der Waals surface area contributed by atoms with Crippen LogP contribution in [0.25, 0.3) is 0 Å². The van der Waals surface area contributed by atoms with Crippen LogP contribution >= 0.6 is 0 Å². The normalized spacial score (nSPS) is 26.1. The Labute approximate surface area is 178 Å². The summed E-state index contributed by atoms with van der Waals surface area (Å²) in [4.78, 5) is 2.36. The fourth-order valence-electron chi connectivity index (χ4n) is 5.30. The maximum absolute atomic E-state index is 13.6. The summed E-state index contributed by atoms with van der Waals surface area (Å²) in [6, 6.07) is 13.1. The summed E-state index contributed by atoms with van der Waals surface area (Å²) in [7, 11) is -7.14. The zero-order chi connectivity index (χ0) is 20.9. The molecular formula is C23H27NO4S2. The minimum atomic E-state index is -3.74. The lowest BCUT2D eigenvalue weighted by Gasteiger charge is -2.35. The number of benzene rings is 2. The molecule has 2 aromatic rings. The second-order valence-electron chi connectivity index (χ2n) is 8.85. The van der Waals surface area contributed by atoms with E-state index >= 15 is 0 Å². The maximum Gasteiger partial charge on any atom is 0.183 e. The van der Waals surface area contributed by atoms with E-state index in [-0.39, 0.29) is 16.4 Å². The number of hydrogen-bond acceptors (Lipinski definition) is 5. The van der Waals surface area contributed by atoms with Crippen LogP contribution in [0.4, 0.5) is 0 Å². The Bertz CT molecular complexity index is 1190. The smallest absolute Gasteiger partial charge is 0.183 e. The highest BCUT2D eigenvalue weighted by molar-refractivity contribution is 7.96. The van der Waals surface area contributed by atoms with E-state index in [2.05, 4.69) is 17.0 Å². The molecule has 2 aliphatic heterocycles. The summed E-state index contributed by atoms with van der Waals surface area (Å²) >= 11 is 0. The minimum Gasteiger partial charge on any atom is -0.293 e. The molecule has 0 radical (unpaired) electrons. The van der Waals surface area contributed by atoms with Gasteiger partial charge in [-0.3, -0.25) is 4.90 Å². The second-order valence-corrected chi connectivity index (χ2v) is 13.2. The van der Waals surface area contributed by atoms with Crippen LogP contribution in [-0.2, 0) is 45.5 Å². The van der Waals surface area contributed by atoms with Gasteiger partial charge in [-0.05, 0) is 66.5 Å². The van der Waals surface area contributed by atoms with Crippen molar-refractivity contribution in [2.75, 3.05) is 18.1 Å². The van der Waals surface area contributed by atoms with Gasteiger partial charge in [0.05, 0.1) is 21.7 Å². The maximum atomic E-state index is 13.6. The topological polar surface area (TPSA) is 71.5 Å². The van der Waals surface area contributed by atoms with Gasteiger partial charge in [0.1, 0.15) is 0 Å². The van der Waals surface area contributed by atoms with Gasteiger partial charge in [0, 0.05) is 19.1 Å². The van der Waals surface area contributed by atoms with Crippen LogP contribution in [0.3, 0.4) is 0 Å². The Morgan fingerprint density at radius 1 is 0.833 bits per heavy atom. The first-order valence-electron chi connectivity index (χ1n) is 10.7. The van der Waals surface area contributed by atoms with Crippen molar-refractivity contribution in [3.63, 3.8) is 0 Å². The van der Waals surface area contributed by atoms with E-state index in [1.165, 1.54) is 11.1 Å². The van der Waals surface area contributed by atoms with E-state index in [9.17, 15) is 16.8 Å². The molecule has 30 heavy (non-hydrogen) atoms. The fourth-order valence-corrected chi connectivity index (χ4v) is 10.2. The van der Waals surface area contributed by atoms with Crippen LogP contribution in [0.1, 0.15) is 35.1 Å². The summed E-state index contributed by atoms with van der Waals surface area (Å²) in [5.74, 6) is -0.362. The molecule has 0 amide bonds. The van der Waals surface area contributed by atoms with E-state index in [1.807, 2.05) is 18.2 Å². The number of sulfone groups is 2. The van der Waals surface area contributed by atoms with Gasteiger partial charge in [-0.1, -0.05) is 30.3 Å². The quantitative estimate of drug-likeness (QED) is 0.726. The van der Waals surface area contributed by atoms with Crippen molar-refractivity contribution in [2.45, 2.75) is 54.8 Å². The Kier molecular flexibility index (Phi) is 5.03. The summed E-state index contributed by atoms with van der Waals surface area (Å²) < 4.78 is 52.3. The third-order valence-corrected chi connectivity index (χ3v) is 11.1. The average molecular weight is 446 g/mol. The monoisotopic (exact) mass is 445 g/mol. The predicted octanol–water partition coefficient (Wildman–Crippen LogP) is 2.56. The molecule has 3 aliphatic rings. The predicted molar refractivity (Wildman–Crippen MR) is 117 cm³/mol. The van der Waals surface area contributed by atoms with E-state index in [0.29, 0.717) is 13.1 Å². The van der Waals surface area contributed by atoms with Gasteiger partial charge in [-0.15, -0.1) is 0 Å². The van der Waals surface area contributed by atoms with Crippen LogP contribution in [0.5, 0.6) is 0 Å². The molecule has 160 valence electrons. The van der Waals surface area contributed by atoms with Crippen molar-refractivity contribution in [3.05, 3.63) is 64.7 Å². The van der Waals surface area contributed by atoms with Gasteiger partial charge >= 0.3 is 0 Å². The van der Waals surface area contributed by atoms with Gasteiger partial charge in [-0.25, -0.2) is 16.8 Å². The lowest BCUT2D eigenvalue weighted by atomic mass is 9.92. The van der Waals surface area contributed by atoms with Crippen molar-refractivity contribution in [2.24, 2.45) is 0 Å². The van der Waals surface area contributed by atoms with Gasteiger partial charge in [0.2, 0.25) is 0 Å². The molecule has 0 unspecified atom stereocenters. The van der Waals surface area contributed by atoms with Crippen molar-refractivity contribution < 1.29 is 16.8 Å². The van der Waals surface area contributed by atoms with Crippen LogP contribution in [0.2, 0.25) is 0 Å². The zero-order valence-corrected chi connectivity index (χ0v) is 18.6. The van der Waals surface area contributed by atoms with Crippen LogP contribution < -0.4 is 0 Å². The van der Waals surface area contributed by atoms with Crippen molar-refractivity contribution in [3.8, 4) is 0 Å². The highest BCUT2D eigenvalue weighted by atomic mass is 32.2. The SMILES string of the molecule is O=S1(=O)C[C@H](N2CCc3ccccc3C2)[C@@H](S(=O)(=O)c2ccc3c(c2)CCCC3)C1. The summed E-state index contributed by atoms with van der Waals surface area (Å²) in [5, 5.41) is -0.908. The Balaban J connectivity index is 1.49. The van der Waals surface area contributed by atoms with E-state index < -0.39 is 31.0 Å². The number of aryl methyl sites for hydroxylation is 2. The second kappa shape index (κ2) is 7.46. The molecule has 0 bridgehead atoms. The summed E-state index contributed by atoms with van der Waals surface area (Å²) in [6.07, 6.45) is 4.91. The molecule has 1 aliphatic carbocycles. The third kappa shape index (κ3) is 3.61. The number of rotatable bonds is 3. The molecule has 0 spiro atoms. The number of fused-ring (bicyclic) bond motifs is 2. The van der Waals surface area contributed by atoms with Gasteiger partial charge < -0.3 is 0 Å². The Morgan fingerprint density at radius 2 is 1.53 bits per heavy atom. The molecule has 0 aromatic heterocycles. The average Bonchev–Trinajstić information content (AvgIpc) is 3.09. The van der Waals surface area contributed by atoms with Crippen molar-refractivity contribution >= 4 is 19.7 Å². The molecule has 5 rings (SSSR count). The van der Waals surface area contributed by atoms with Gasteiger partial charge in [-0.2, -0.15) is 0 Å². The first-order chi connectivity index (χ1) is 14.3. The van der Waals surface area contributed by atoms with Crippen LogP contribution in [0.15, 0.2) is 47.4 Å². The highest BCUT2D eigenvalue weighted by Gasteiger charge is 2.48. The van der Waals surface area contributed by atoms with Crippen molar-refractivity contribution in [1.29, 1.82) is 0 Å². The highest BCUT2D eigenvalue weighted by Crippen LogP contribution is 2.33. The molecule has 2 heterocycles. The molecule has 2 aromatic carbocycles. The molecule has 1 saturated heterocycles. The molecule has 7 heteroatoms. The largest absolute Gasteiger partial charge is 0.293 e. The van der Waals surface area contributed by atoms with Crippen LogP contribution in [0, 0.1) is 0 Å². The van der Waals surface area contributed by atoms with E-state index in [1.54, 1.807) is 12.1 Å². The first-order valence-corrected chi connectivity index (χ1v) is 14.1. The van der Waals surface area contributed by atoms with Gasteiger partial charge in [0.15, 0.2) is 19.7 Å². The first kappa shape index (κ1) is 20.2. The number of hydrogen-bond donors (Lipinski definition) is 0. The molecule has 1 fully saturated rings. The molecule has 0 N–H and O–H groups in total. The lowest BCUT2D eigenvalue weighted by Crippen LogP contribution is -2.48. The van der Waals surface area contributed by atoms with Gasteiger partial charge in [0.25, 0.3) is 0 Å².